The van der Waals surface area contributed by atoms with E-state index in [0.29, 0.717) is 0 Å². The summed E-state index contributed by atoms with van der Waals surface area (Å²) in [7, 11) is 0. The van der Waals surface area contributed by atoms with Gasteiger partial charge in [0.25, 0.3) is 0 Å². The molecule has 1 atom stereocenters. The maximum Gasteiger partial charge on any atom is 0.119 e. The summed E-state index contributed by atoms with van der Waals surface area (Å²) in [5.74, 6) is 1.81. The predicted octanol–water partition coefficient (Wildman–Crippen LogP) is 7.52. The van der Waals surface area contributed by atoms with Crippen molar-refractivity contribution in [2.75, 3.05) is 6.61 Å². The van der Waals surface area contributed by atoms with Crippen LogP contribution in [0.1, 0.15) is 64.4 Å². The summed E-state index contributed by atoms with van der Waals surface area (Å²) >= 11 is 0. The van der Waals surface area contributed by atoms with Gasteiger partial charge in [-0.05, 0) is 66.0 Å². The van der Waals surface area contributed by atoms with Crippen LogP contribution in [-0.4, -0.2) is 6.61 Å². The average Bonchev–Trinajstić information content (AvgIpc) is 2.69. The molecular formula is C25H32O. The molecule has 0 radical (unpaired) electrons. The second-order valence-electron chi connectivity index (χ2n) is 7.62. The smallest absolute Gasteiger partial charge is 0.119 e. The molecule has 0 aromatic heterocycles. The lowest BCUT2D eigenvalue weighted by Gasteiger charge is -2.18. The molecule has 0 aliphatic heterocycles. The number of ether oxygens (including phenoxy) is 1. The van der Waals surface area contributed by atoms with Crippen LogP contribution in [0.4, 0.5) is 0 Å². The van der Waals surface area contributed by atoms with E-state index >= 15 is 0 Å². The fourth-order valence-electron chi connectivity index (χ4n) is 3.57. The summed E-state index contributed by atoms with van der Waals surface area (Å²) in [5, 5.41) is 0. The fraction of sp³-hybridized carbons (Fsp3) is 0.440. The van der Waals surface area contributed by atoms with E-state index in [1.165, 1.54) is 60.8 Å². The van der Waals surface area contributed by atoms with Gasteiger partial charge in [0.1, 0.15) is 5.75 Å². The van der Waals surface area contributed by atoms with E-state index in [9.17, 15) is 0 Å². The summed E-state index contributed by atoms with van der Waals surface area (Å²) in [4.78, 5) is 0. The first-order valence-electron chi connectivity index (χ1n) is 10.3. The Labute approximate surface area is 159 Å². The van der Waals surface area contributed by atoms with Crippen molar-refractivity contribution in [2.24, 2.45) is 5.92 Å². The van der Waals surface area contributed by atoms with Gasteiger partial charge in [0, 0.05) is 0 Å². The molecule has 0 heterocycles. The van der Waals surface area contributed by atoms with Crippen molar-refractivity contribution < 1.29 is 4.74 Å². The van der Waals surface area contributed by atoms with Crippen molar-refractivity contribution in [3.63, 3.8) is 0 Å². The number of hydrogen-bond acceptors (Lipinski definition) is 1. The van der Waals surface area contributed by atoms with Gasteiger partial charge in [-0.1, -0.05) is 75.6 Å². The van der Waals surface area contributed by atoms with Gasteiger partial charge in [0.2, 0.25) is 0 Å². The summed E-state index contributed by atoms with van der Waals surface area (Å²) < 4.78 is 5.84. The minimum Gasteiger partial charge on any atom is -0.494 e. The number of hydrogen-bond donors (Lipinski definition) is 0. The third-order valence-corrected chi connectivity index (χ3v) is 5.38. The first-order valence-corrected chi connectivity index (χ1v) is 10.3. The van der Waals surface area contributed by atoms with Crippen molar-refractivity contribution in [1.82, 2.24) is 0 Å². The van der Waals surface area contributed by atoms with Crippen LogP contribution in [0.2, 0.25) is 0 Å². The molecule has 2 aromatic rings. The Kier molecular flexibility index (Phi) is 6.94. The van der Waals surface area contributed by atoms with E-state index in [1.54, 1.807) is 0 Å². The minimum absolute atomic E-state index is 0.821. The molecule has 1 heteroatoms. The van der Waals surface area contributed by atoms with E-state index in [-0.39, 0.29) is 0 Å². The standard InChI is InChI=1S/C25H32O/c1-3-4-5-6-19-26-25-17-15-24(16-18-25)23-13-11-22(12-14-23)21-9-7-20(2)8-10-21/h9,11-18,20H,3-8,10,19H2,1-2H3. The molecule has 138 valence electrons. The van der Waals surface area contributed by atoms with Crippen LogP contribution in [0.15, 0.2) is 54.6 Å². The zero-order valence-electron chi connectivity index (χ0n) is 16.3. The Morgan fingerprint density at radius 3 is 2.12 bits per heavy atom. The van der Waals surface area contributed by atoms with Gasteiger partial charge in [-0.2, -0.15) is 0 Å². The summed E-state index contributed by atoms with van der Waals surface area (Å²) in [6, 6.07) is 17.5. The van der Waals surface area contributed by atoms with Crippen molar-refractivity contribution in [2.45, 2.75) is 58.8 Å². The van der Waals surface area contributed by atoms with Gasteiger partial charge in [-0.15, -0.1) is 0 Å². The van der Waals surface area contributed by atoms with Crippen LogP contribution in [0.5, 0.6) is 5.75 Å². The molecule has 1 aliphatic carbocycles. The maximum atomic E-state index is 5.84. The highest BCUT2D eigenvalue weighted by Crippen LogP contribution is 2.31. The molecule has 0 bridgehead atoms. The second kappa shape index (κ2) is 9.62. The highest BCUT2D eigenvalue weighted by Gasteiger charge is 2.11. The van der Waals surface area contributed by atoms with Crippen LogP contribution >= 0.6 is 0 Å². The molecule has 0 spiro atoms. The third-order valence-electron chi connectivity index (χ3n) is 5.38. The van der Waals surface area contributed by atoms with Crippen LogP contribution in [0, 0.1) is 5.92 Å². The lowest BCUT2D eigenvalue weighted by molar-refractivity contribution is 0.305. The zero-order valence-corrected chi connectivity index (χ0v) is 16.3. The largest absolute Gasteiger partial charge is 0.494 e. The topological polar surface area (TPSA) is 9.23 Å². The molecule has 0 saturated heterocycles. The average molecular weight is 349 g/mol. The van der Waals surface area contributed by atoms with E-state index in [4.69, 9.17) is 4.74 Å². The normalized spacial score (nSPS) is 17.0. The Morgan fingerprint density at radius 1 is 0.846 bits per heavy atom. The Bertz CT molecular complexity index is 694. The van der Waals surface area contributed by atoms with E-state index in [1.807, 2.05) is 0 Å². The predicted molar refractivity (Wildman–Crippen MR) is 113 cm³/mol. The molecule has 1 unspecified atom stereocenters. The molecule has 3 rings (SSSR count). The molecule has 1 aliphatic rings. The van der Waals surface area contributed by atoms with Gasteiger partial charge in [-0.25, -0.2) is 0 Å². The minimum atomic E-state index is 0.821. The van der Waals surface area contributed by atoms with Gasteiger partial charge in [0.15, 0.2) is 0 Å². The summed E-state index contributed by atoms with van der Waals surface area (Å²) in [6.45, 7) is 5.40. The molecule has 0 saturated carbocycles. The first kappa shape index (κ1) is 18.8. The van der Waals surface area contributed by atoms with Crippen molar-refractivity contribution in [3.05, 3.63) is 60.2 Å². The summed E-state index contributed by atoms with van der Waals surface area (Å²) in [5.41, 5.74) is 5.42. The molecule has 26 heavy (non-hydrogen) atoms. The monoisotopic (exact) mass is 348 g/mol. The lowest BCUT2D eigenvalue weighted by Crippen LogP contribution is -2.00. The maximum absolute atomic E-state index is 5.84. The Balaban J connectivity index is 1.57. The van der Waals surface area contributed by atoms with Crippen LogP contribution in [0.3, 0.4) is 0 Å². The second-order valence-corrected chi connectivity index (χ2v) is 7.62. The molecule has 0 N–H and O–H groups in total. The first-order chi connectivity index (χ1) is 12.8. The van der Waals surface area contributed by atoms with E-state index < -0.39 is 0 Å². The molecule has 2 aromatic carbocycles. The molecule has 0 fully saturated rings. The van der Waals surface area contributed by atoms with E-state index in [0.717, 1.165) is 24.7 Å². The molecular weight excluding hydrogens is 316 g/mol. The number of allylic oxidation sites excluding steroid dienone is 2. The van der Waals surface area contributed by atoms with Gasteiger partial charge < -0.3 is 4.74 Å². The Morgan fingerprint density at radius 2 is 1.50 bits per heavy atom. The molecule has 1 nitrogen and oxygen atoms in total. The quantitative estimate of drug-likeness (QED) is 0.448. The number of benzene rings is 2. The van der Waals surface area contributed by atoms with Crippen molar-refractivity contribution >= 4 is 5.57 Å². The van der Waals surface area contributed by atoms with Crippen molar-refractivity contribution in [3.8, 4) is 16.9 Å². The van der Waals surface area contributed by atoms with Crippen molar-refractivity contribution in [1.29, 1.82) is 0 Å². The SMILES string of the molecule is CCCCCCOc1ccc(-c2ccc(C3=CCC(C)CC3)cc2)cc1. The number of rotatable bonds is 8. The van der Waals surface area contributed by atoms with Crippen LogP contribution in [-0.2, 0) is 0 Å². The van der Waals surface area contributed by atoms with Crippen LogP contribution < -0.4 is 4.74 Å². The third kappa shape index (κ3) is 5.24. The fourth-order valence-corrected chi connectivity index (χ4v) is 3.57. The molecule has 0 amide bonds. The zero-order chi connectivity index (χ0) is 18.2. The van der Waals surface area contributed by atoms with E-state index in [2.05, 4.69) is 68.5 Å². The number of unbranched alkanes of at least 4 members (excludes halogenated alkanes) is 3. The van der Waals surface area contributed by atoms with Gasteiger partial charge >= 0.3 is 0 Å². The lowest BCUT2D eigenvalue weighted by atomic mass is 9.87. The summed E-state index contributed by atoms with van der Waals surface area (Å²) in [6.07, 6.45) is 11.1. The van der Waals surface area contributed by atoms with Crippen LogP contribution in [0.25, 0.3) is 16.7 Å². The van der Waals surface area contributed by atoms with Gasteiger partial charge in [-0.3, -0.25) is 0 Å². The Hall–Kier alpha value is -2.02. The highest BCUT2D eigenvalue weighted by atomic mass is 16.5. The highest BCUT2D eigenvalue weighted by molar-refractivity contribution is 5.71. The van der Waals surface area contributed by atoms with Gasteiger partial charge in [0.05, 0.1) is 6.61 Å².